The third-order valence-electron chi connectivity index (χ3n) is 3.92. The normalized spacial score (nSPS) is 24.7. The first-order valence-corrected chi connectivity index (χ1v) is 7.10. The van der Waals surface area contributed by atoms with Gasteiger partial charge in [-0.05, 0) is 45.7 Å². The Labute approximate surface area is 111 Å². The van der Waals surface area contributed by atoms with Crippen molar-refractivity contribution < 1.29 is 0 Å². The maximum Gasteiger partial charge on any atom is 0.0252 e. The Kier molecular flexibility index (Phi) is 4.41. The third-order valence-corrected chi connectivity index (χ3v) is 3.92. The molecule has 0 bridgehead atoms. The lowest BCUT2D eigenvalue weighted by Crippen LogP contribution is -2.48. The smallest absolute Gasteiger partial charge is 0.0252 e. The summed E-state index contributed by atoms with van der Waals surface area (Å²) in [5.41, 5.74) is 1.68. The number of hydrogen-bond donors (Lipinski definition) is 1. The average molecular weight is 246 g/mol. The van der Waals surface area contributed by atoms with E-state index in [2.05, 4.69) is 61.3 Å². The fourth-order valence-electron chi connectivity index (χ4n) is 2.74. The maximum atomic E-state index is 3.64. The van der Waals surface area contributed by atoms with E-state index in [0.29, 0.717) is 6.04 Å². The summed E-state index contributed by atoms with van der Waals surface area (Å²) in [6, 6.07) is 11.5. The van der Waals surface area contributed by atoms with E-state index in [1.807, 2.05) is 0 Å². The monoisotopic (exact) mass is 246 g/mol. The number of benzene rings is 1. The van der Waals surface area contributed by atoms with Gasteiger partial charge in [-0.3, -0.25) is 4.90 Å². The van der Waals surface area contributed by atoms with Crippen LogP contribution in [0.5, 0.6) is 0 Å². The summed E-state index contributed by atoms with van der Waals surface area (Å²) in [6.45, 7) is 10.4. The van der Waals surface area contributed by atoms with E-state index in [1.54, 1.807) is 0 Å². The molecular formula is C16H26N2. The zero-order valence-corrected chi connectivity index (χ0v) is 11.9. The van der Waals surface area contributed by atoms with Crippen LogP contribution in [0.15, 0.2) is 30.3 Å². The zero-order chi connectivity index (χ0) is 13.0. The van der Waals surface area contributed by atoms with Crippen molar-refractivity contribution in [1.82, 2.24) is 10.2 Å². The molecular weight excluding hydrogens is 220 g/mol. The van der Waals surface area contributed by atoms with Gasteiger partial charge in [-0.1, -0.05) is 30.3 Å². The van der Waals surface area contributed by atoms with Crippen molar-refractivity contribution in [2.75, 3.05) is 19.6 Å². The molecule has 1 aromatic carbocycles. The van der Waals surface area contributed by atoms with Crippen molar-refractivity contribution in [3.05, 3.63) is 35.9 Å². The van der Waals surface area contributed by atoms with Crippen LogP contribution in [0.2, 0.25) is 0 Å². The largest absolute Gasteiger partial charge is 0.310 e. The van der Waals surface area contributed by atoms with Crippen LogP contribution in [0.1, 0.15) is 32.8 Å². The highest BCUT2D eigenvalue weighted by Gasteiger charge is 2.27. The van der Waals surface area contributed by atoms with Gasteiger partial charge in [0, 0.05) is 24.7 Å². The highest BCUT2D eigenvalue weighted by Crippen LogP contribution is 2.16. The van der Waals surface area contributed by atoms with Gasteiger partial charge < -0.3 is 5.32 Å². The van der Waals surface area contributed by atoms with E-state index in [1.165, 1.54) is 12.0 Å². The number of nitrogens with one attached hydrogen (secondary N) is 1. The molecule has 0 amide bonds. The fraction of sp³-hybridized carbons (Fsp3) is 0.625. The molecule has 1 atom stereocenters. The predicted octanol–water partition coefficient (Wildman–Crippen LogP) is 2.69. The van der Waals surface area contributed by atoms with Crippen molar-refractivity contribution >= 4 is 0 Å². The summed E-state index contributed by atoms with van der Waals surface area (Å²) in [4.78, 5) is 2.63. The van der Waals surface area contributed by atoms with Gasteiger partial charge in [0.2, 0.25) is 0 Å². The number of hydrogen-bond acceptors (Lipinski definition) is 2. The molecule has 100 valence electrons. The highest BCUT2D eigenvalue weighted by atomic mass is 15.2. The van der Waals surface area contributed by atoms with E-state index < -0.39 is 0 Å². The van der Waals surface area contributed by atoms with E-state index in [-0.39, 0.29) is 5.54 Å². The molecule has 1 aromatic rings. The van der Waals surface area contributed by atoms with Crippen molar-refractivity contribution in [2.45, 2.75) is 45.2 Å². The minimum atomic E-state index is 0.238. The van der Waals surface area contributed by atoms with Gasteiger partial charge in [0.15, 0.2) is 0 Å². The second-order valence-corrected chi connectivity index (χ2v) is 6.15. The molecule has 1 aliphatic heterocycles. The first-order valence-electron chi connectivity index (χ1n) is 7.10. The van der Waals surface area contributed by atoms with Crippen molar-refractivity contribution in [3.8, 4) is 0 Å². The van der Waals surface area contributed by atoms with E-state index in [4.69, 9.17) is 0 Å². The second kappa shape index (κ2) is 5.85. The molecule has 0 spiro atoms. The maximum absolute atomic E-state index is 3.64. The van der Waals surface area contributed by atoms with Gasteiger partial charge in [0.1, 0.15) is 0 Å². The van der Waals surface area contributed by atoms with Gasteiger partial charge in [-0.2, -0.15) is 0 Å². The van der Waals surface area contributed by atoms with E-state index in [0.717, 1.165) is 26.1 Å². The molecule has 0 saturated carbocycles. The summed E-state index contributed by atoms with van der Waals surface area (Å²) in [5, 5.41) is 3.64. The van der Waals surface area contributed by atoms with Crippen LogP contribution in [-0.4, -0.2) is 36.1 Å². The zero-order valence-electron chi connectivity index (χ0n) is 11.9. The summed E-state index contributed by atoms with van der Waals surface area (Å²) in [5.74, 6) is 0. The Morgan fingerprint density at radius 2 is 2.00 bits per heavy atom. The quantitative estimate of drug-likeness (QED) is 0.882. The van der Waals surface area contributed by atoms with Gasteiger partial charge >= 0.3 is 0 Å². The first-order chi connectivity index (χ1) is 8.57. The van der Waals surface area contributed by atoms with Crippen LogP contribution < -0.4 is 5.32 Å². The molecule has 1 aliphatic rings. The molecule has 1 fully saturated rings. The molecule has 1 heterocycles. The van der Waals surface area contributed by atoms with Crippen LogP contribution in [0, 0.1) is 0 Å². The van der Waals surface area contributed by atoms with Crippen LogP contribution in [-0.2, 0) is 6.42 Å². The van der Waals surface area contributed by atoms with Crippen molar-refractivity contribution in [2.24, 2.45) is 0 Å². The van der Waals surface area contributed by atoms with E-state index in [9.17, 15) is 0 Å². The van der Waals surface area contributed by atoms with Gasteiger partial charge in [0.05, 0.1) is 0 Å². The van der Waals surface area contributed by atoms with E-state index >= 15 is 0 Å². The van der Waals surface area contributed by atoms with Crippen LogP contribution in [0.25, 0.3) is 0 Å². The Hall–Kier alpha value is -0.860. The lowest BCUT2D eigenvalue weighted by molar-refractivity contribution is 0.183. The lowest BCUT2D eigenvalue weighted by atomic mass is 10.0. The Morgan fingerprint density at radius 1 is 1.28 bits per heavy atom. The van der Waals surface area contributed by atoms with Crippen LogP contribution in [0.4, 0.5) is 0 Å². The molecule has 0 aromatic heterocycles. The molecule has 0 aliphatic carbocycles. The predicted molar refractivity (Wildman–Crippen MR) is 77.9 cm³/mol. The lowest BCUT2D eigenvalue weighted by Gasteiger charge is -2.33. The molecule has 1 N–H and O–H groups in total. The highest BCUT2D eigenvalue weighted by molar-refractivity contribution is 5.15. The Bertz CT molecular complexity index is 359. The summed E-state index contributed by atoms with van der Waals surface area (Å²) in [7, 11) is 0. The van der Waals surface area contributed by atoms with Gasteiger partial charge in [-0.15, -0.1) is 0 Å². The molecule has 2 rings (SSSR count). The second-order valence-electron chi connectivity index (χ2n) is 6.15. The standard InChI is InChI=1S/C16H26N2/c1-14-9-11-17-16(2,3)13-18(14)12-10-15-7-5-4-6-8-15/h4-8,14,17H,9-13H2,1-3H3. The fourth-order valence-corrected chi connectivity index (χ4v) is 2.74. The molecule has 0 radical (unpaired) electrons. The van der Waals surface area contributed by atoms with Gasteiger partial charge in [-0.25, -0.2) is 0 Å². The Balaban J connectivity index is 1.94. The van der Waals surface area contributed by atoms with Crippen molar-refractivity contribution in [1.29, 1.82) is 0 Å². The number of rotatable bonds is 3. The van der Waals surface area contributed by atoms with Crippen molar-refractivity contribution in [3.63, 3.8) is 0 Å². The average Bonchev–Trinajstić information content (AvgIpc) is 2.47. The summed E-state index contributed by atoms with van der Waals surface area (Å²) >= 11 is 0. The molecule has 1 unspecified atom stereocenters. The first kappa shape index (κ1) is 13.6. The molecule has 18 heavy (non-hydrogen) atoms. The minimum absolute atomic E-state index is 0.238. The van der Waals surface area contributed by atoms with Gasteiger partial charge in [0.25, 0.3) is 0 Å². The number of nitrogens with zero attached hydrogens (tertiary/aromatic N) is 1. The molecule has 1 saturated heterocycles. The van der Waals surface area contributed by atoms with Crippen LogP contribution >= 0.6 is 0 Å². The summed E-state index contributed by atoms with van der Waals surface area (Å²) in [6.07, 6.45) is 2.40. The summed E-state index contributed by atoms with van der Waals surface area (Å²) < 4.78 is 0. The topological polar surface area (TPSA) is 15.3 Å². The molecule has 2 heteroatoms. The van der Waals surface area contributed by atoms with Crippen LogP contribution in [0.3, 0.4) is 0 Å². The Morgan fingerprint density at radius 3 is 2.72 bits per heavy atom. The minimum Gasteiger partial charge on any atom is -0.310 e. The molecule has 2 nitrogen and oxygen atoms in total. The SMILES string of the molecule is CC1CCNC(C)(C)CN1CCc1ccccc1. The third kappa shape index (κ3) is 3.82.